The summed E-state index contributed by atoms with van der Waals surface area (Å²) in [5.74, 6) is -0.782. The van der Waals surface area contributed by atoms with Gasteiger partial charge in [-0.05, 0) is 48.0 Å². The molecule has 2 amide bonds. The van der Waals surface area contributed by atoms with Crippen molar-refractivity contribution in [1.29, 1.82) is 0 Å². The lowest BCUT2D eigenvalue weighted by atomic mass is 9.93. The second kappa shape index (κ2) is 7.67. The van der Waals surface area contributed by atoms with Gasteiger partial charge in [0, 0.05) is 21.9 Å². The molecule has 1 aliphatic rings. The maximum absolute atomic E-state index is 13.2. The van der Waals surface area contributed by atoms with E-state index in [-0.39, 0.29) is 23.9 Å². The number of carboxylic acids is 1. The van der Waals surface area contributed by atoms with Gasteiger partial charge in [0.1, 0.15) is 11.5 Å². The Balaban J connectivity index is 1.54. The van der Waals surface area contributed by atoms with Gasteiger partial charge in [-0.15, -0.1) is 0 Å². The van der Waals surface area contributed by atoms with Gasteiger partial charge in [0.05, 0.1) is 12.1 Å². The SMILES string of the molecule is O=C(O)c1ccc(Oc2ccc3c4c(cccc24)C(=O)N(Cc2ccccc2)C3=O)cc1. The predicted molar refractivity (Wildman–Crippen MR) is 118 cm³/mol. The molecule has 6 heteroatoms. The van der Waals surface area contributed by atoms with E-state index in [1.165, 1.54) is 17.0 Å². The summed E-state index contributed by atoms with van der Waals surface area (Å²) in [5.41, 5.74) is 1.91. The first-order valence-electron chi connectivity index (χ1n) is 10.00. The smallest absolute Gasteiger partial charge is 0.335 e. The summed E-state index contributed by atoms with van der Waals surface area (Å²) in [4.78, 5) is 38.7. The lowest BCUT2D eigenvalue weighted by molar-refractivity contribution is 0.0596. The van der Waals surface area contributed by atoms with E-state index >= 15 is 0 Å². The van der Waals surface area contributed by atoms with E-state index in [1.54, 1.807) is 42.5 Å². The normalized spacial score (nSPS) is 12.8. The van der Waals surface area contributed by atoms with E-state index < -0.39 is 5.97 Å². The number of imide groups is 1. The van der Waals surface area contributed by atoms with Gasteiger partial charge in [-0.3, -0.25) is 14.5 Å². The number of carboxylic acid groups (broad SMARTS) is 1. The molecule has 6 nitrogen and oxygen atoms in total. The number of benzene rings is 4. The molecule has 0 saturated heterocycles. The largest absolute Gasteiger partial charge is 0.478 e. The topological polar surface area (TPSA) is 83.9 Å². The van der Waals surface area contributed by atoms with Crippen LogP contribution < -0.4 is 4.74 Å². The van der Waals surface area contributed by atoms with E-state index in [1.807, 2.05) is 30.3 Å². The van der Waals surface area contributed by atoms with E-state index in [0.717, 1.165) is 5.56 Å². The fourth-order valence-electron chi connectivity index (χ4n) is 3.91. The summed E-state index contributed by atoms with van der Waals surface area (Å²) in [6, 6.07) is 24.1. The highest BCUT2D eigenvalue weighted by Crippen LogP contribution is 2.37. The zero-order valence-corrected chi connectivity index (χ0v) is 16.8. The number of rotatable bonds is 5. The third kappa shape index (κ3) is 3.28. The Kier molecular flexibility index (Phi) is 4.67. The number of nitrogens with zero attached hydrogens (tertiary/aromatic N) is 1. The molecule has 0 unspecified atom stereocenters. The zero-order valence-electron chi connectivity index (χ0n) is 16.8. The minimum Gasteiger partial charge on any atom is -0.478 e. The van der Waals surface area contributed by atoms with Crippen LogP contribution >= 0.6 is 0 Å². The molecule has 0 radical (unpaired) electrons. The third-order valence-electron chi connectivity index (χ3n) is 5.46. The Hall–Kier alpha value is -4.45. The number of carbonyl (C=O) groups excluding carboxylic acids is 2. The van der Waals surface area contributed by atoms with Crippen molar-refractivity contribution in [3.63, 3.8) is 0 Å². The van der Waals surface area contributed by atoms with E-state index in [9.17, 15) is 14.4 Å². The molecule has 0 saturated carbocycles. The van der Waals surface area contributed by atoms with E-state index in [0.29, 0.717) is 33.4 Å². The van der Waals surface area contributed by atoms with Crippen LogP contribution in [0.2, 0.25) is 0 Å². The Morgan fingerprint density at radius 2 is 1.47 bits per heavy atom. The van der Waals surface area contributed by atoms with Crippen LogP contribution in [0, 0.1) is 0 Å². The average Bonchev–Trinajstić information content (AvgIpc) is 2.82. The molecule has 0 atom stereocenters. The van der Waals surface area contributed by atoms with Gasteiger partial charge in [0.2, 0.25) is 0 Å². The van der Waals surface area contributed by atoms with E-state index in [4.69, 9.17) is 9.84 Å². The zero-order chi connectivity index (χ0) is 22.2. The molecular formula is C26H17NO5. The number of hydrogen-bond donors (Lipinski definition) is 1. The van der Waals surface area contributed by atoms with Crippen molar-refractivity contribution in [2.75, 3.05) is 0 Å². The van der Waals surface area contributed by atoms with Crippen LogP contribution in [-0.2, 0) is 6.54 Å². The summed E-state index contributed by atoms with van der Waals surface area (Å²) in [6.07, 6.45) is 0. The Morgan fingerprint density at radius 1 is 0.781 bits per heavy atom. The summed E-state index contributed by atoms with van der Waals surface area (Å²) < 4.78 is 5.97. The molecule has 0 bridgehead atoms. The molecular weight excluding hydrogens is 406 g/mol. The summed E-state index contributed by atoms with van der Waals surface area (Å²) in [7, 11) is 0. The first-order valence-corrected chi connectivity index (χ1v) is 10.00. The van der Waals surface area contributed by atoms with Gasteiger partial charge in [-0.1, -0.05) is 42.5 Å². The number of carbonyl (C=O) groups is 3. The molecule has 32 heavy (non-hydrogen) atoms. The quantitative estimate of drug-likeness (QED) is 0.450. The van der Waals surface area contributed by atoms with Crippen LogP contribution in [0.1, 0.15) is 36.6 Å². The second-order valence-corrected chi connectivity index (χ2v) is 7.45. The number of ether oxygens (including phenoxy) is 1. The Morgan fingerprint density at radius 3 is 2.16 bits per heavy atom. The van der Waals surface area contributed by atoms with Crippen LogP contribution in [0.4, 0.5) is 0 Å². The Bertz CT molecular complexity index is 1350. The lowest BCUT2D eigenvalue weighted by Crippen LogP contribution is -2.39. The van der Waals surface area contributed by atoms with Gasteiger partial charge in [-0.25, -0.2) is 4.79 Å². The van der Waals surface area contributed by atoms with Crippen LogP contribution in [0.15, 0.2) is 84.9 Å². The fourth-order valence-corrected chi connectivity index (χ4v) is 3.91. The molecule has 1 N–H and O–H groups in total. The van der Waals surface area contributed by atoms with Crippen LogP contribution in [0.3, 0.4) is 0 Å². The maximum atomic E-state index is 13.2. The molecule has 1 heterocycles. The fraction of sp³-hybridized carbons (Fsp3) is 0.0385. The molecule has 4 aromatic rings. The van der Waals surface area contributed by atoms with Crippen molar-refractivity contribution >= 4 is 28.6 Å². The molecule has 0 fully saturated rings. The monoisotopic (exact) mass is 423 g/mol. The average molecular weight is 423 g/mol. The van der Waals surface area contributed by atoms with Gasteiger partial charge < -0.3 is 9.84 Å². The third-order valence-corrected chi connectivity index (χ3v) is 5.46. The number of amides is 2. The van der Waals surface area contributed by atoms with Crippen molar-refractivity contribution in [3.05, 3.63) is 107 Å². The molecule has 0 aromatic heterocycles. The van der Waals surface area contributed by atoms with Gasteiger partial charge in [0.15, 0.2) is 0 Å². The van der Waals surface area contributed by atoms with Crippen LogP contribution in [-0.4, -0.2) is 27.8 Å². The number of aromatic carboxylic acids is 1. The minimum absolute atomic E-state index is 0.156. The Labute approximate surface area is 183 Å². The van der Waals surface area contributed by atoms with Crippen molar-refractivity contribution in [2.45, 2.75) is 6.54 Å². The van der Waals surface area contributed by atoms with Crippen LogP contribution in [0.25, 0.3) is 10.8 Å². The standard InChI is InChI=1S/C26H17NO5/c28-24-20-8-4-7-19-22(32-18-11-9-17(10-12-18)26(30)31)14-13-21(23(19)20)25(29)27(24)15-16-5-2-1-3-6-16/h1-14H,15H2,(H,30,31). The van der Waals surface area contributed by atoms with Crippen molar-refractivity contribution in [1.82, 2.24) is 4.90 Å². The highest BCUT2D eigenvalue weighted by molar-refractivity contribution is 6.26. The summed E-state index contributed by atoms with van der Waals surface area (Å²) in [5, 5.41) is 10.3. The summed E-state index contributed by atoms with van der Waals surface area (Å²) in [6.45, 7) is 0.197. The first kappa shape index (κ1) is 19.5. The molecule has 5 rings (SSSR count). The van der Waals surface area contributed by atoms with Crippen molar-refractivity contribution in [3.8, 4) is 11.5 Å². The van der Waals surface area contributed by atoms with Crippen molar-refractivity contribution in [2.24, 2.45) is 0 Å². The molecule has 156 valence electrons. The maximum Gasteiger partial charge on any atom is 0.335 e. The van der Waals surface area contributed by atoms with Crippen LogP contribution in [0.5, 0.6) is 11.5 Å². The highest BCUT2D eigenvalue weighted by atomic mass is 16.5. The summed E-state index contributed by atoms with van der Waals surface area (Å²) >= 11 is 0. The van der Waals surface area contributed by atoms with Gasteiger partial charge in [-0.2, -0.15) is 0 Å². The van der Waals surface area contributed by atoms with E-state index in [2.05, 4.69) is 0 Å². The van der Waals surface area contributed by atoms with Gasteiger partial charge >= 0.3 is 5.97 Å². The second-order valence-electron chi connectivity index (χ2n) is 7.45. The highest BCUT2D eigenvalue weighted by Gasteiger charge is 2.33. The molecule has 0 aliphatic carbocycles. The minimum atomic E-state index is -1.02. The number of hydrogen-bond acceptors (Lipinski definition) is 4. The van der Waals surface area contributed by atoms with Crippen molar-refractivity contribution < 1.29 is 24.2 Å². The first-order chi connectivity index (χ1) is 15.5. The molecule has 1 aliphatic heterocycles. The molecule has 0 spiro atoms. The lowest BCUT2D eigenvalue weighted by Gasteiger charge is -2.27. The predicted octanol–water partition coefficient (Wildman–Crippen LogP) is 5.13. The molecule has 4 aromatic carbocycles. The van der Waals surface area contributed by atoms with Gasteiger partial charge in [0.25, 0.3) is 11.8 Å².